The second-order valence-corrected chi connectivity index (χ2v) is 5.26. The highest BCUT2D eigenvalue weighted by molar-refractivity contribution is 6.32. The first-order chi connectivity index (χ1) is 8.56. The lowest BCUT2D eigenvalue weighted by atomic mass is 10.0. The second kappa shape index (κ2) is 5.28. The van der Waals surface area contributed by atoms with Gasteiger partial charge < -0.3 is 15.3 Å². The lowest BCUT2D eigenvalue weighted by Crippen LogP contribution is -2.39. The van der Waals surface area contributed by atoms with E-state index in [1.165, 1.54) is 6.33 Å². The Morgan fingerprint density at radius 2 is 2.11 bits per heavy atom. The third-order valence-electron chi connectivity index (χ3n) is 3.46. The maximum absolute atomic E-state index is 10.4. The predicted octanol–water partition coefficient (Wildman–Crippen LogP) is 1.91. The molecule has 0 bridgehead atoms. The SMILES string of the molecule is CNc1c(Cl)ncnc1N(C)CC1(O)CCCC1. The van der Waals surface area contributed by atoms with Crippen LogP contribution in [0, 0.1) is 0 Å². The molecule has 0 aliphatic heterocycles. The average Bonchev–Trinajstić information content (AvgIpc) is 2.75. The zero-order valence-corrected chi connectivity index (χ0v) is 11.5. The molecule has 1 aliphatic carbocycles. The maximum Gasteiger partial charge on any atom is 0.157 e. The van der Waals surface area contributed by atoms with E-state index in [1.54, 1.807) is 7.05 Å². The molecule has 1 aromatic heterocycles. The molecule has 1 aromatic rings. The molecule has 2 N–H and O–H groups in total. The van der Waals surface area contributed by atoms with Crippen LogP contribution >= 0.6 is 11.6 Å². The van der Waals surface area contributed by atoms with E-state index in [1.807, 2.05) is 11.9 Å². The molecule has 1 fully saturated rings. The third-order valence-corrected chi connectivity index (χ3v) is 3.74. The van der Waals surface area contributed by atoms with Gasteiger partial charge in [-0.1, -0.05) is 24.4 Å². The fraction of sp³-hybridized carbons (Fsp3) is 0.667. The van der Waals surface area contributed by atoms with Crippen molar-refractivity contribution in [1.82, 2.24) is 9.97 Å². The molecule has 1 heterocycles. The molecular weight excluding hydrogens is 252 g/mol. The van der Waals surface area contributed by atoms with Crippen molar-refractivity contribution in [1.29, 1.82) is 0 Å². The number of nitrogens with zero attached hydrogens (tertiary/aromatic N) is 3. The van der Waals surface area contributed by atoms with Gasteiger partial charge in [0.2, 0.25) is 0 Å². The van der Waals surface area contributed by atoms with Gasteiger partial charge in [0.1, 0.15) is 12.0 Å². The number of rotatable bonds is 4. The third kappa shape index (κ3) is 2.67. The minimum absolute atomic E-state index is 0.396. The minimum atomic E-state index is -0.600. The molecule has 0 spiro atoms. The standard InChI is InChI=1S/C12H19ClN4O/c1-14-9-10(13)15-8-16-11(9)17(2)7-12(18)5-3-4-6-12/h8,14,18H,3-7H2,1-2H3. The fourth-order valence-electron chi connectivity index (χ4n) is 2.57. The number of anilines is 2. The van der Waals surface area contributed by atoms with Gasteiger partial charge in [0.25, 0.3) is 0 Å². The monoisotopic (exact) mass is 270 g/mol. The van der Waals surface area contributed by atoms with E-state index in [2.05, 4.69) is 15.3 Å². The van der Waals surface area contributed by atoms with E-state index in [4.69, 9.17) is 11.6 Å². The van der Waals surface area contributed by atoms with Crippen LogP contribution in [0.4, 0.5) is 11.5 Å². The van der Waals surface area contributed by atoms with Crippen molar-refractivity contribution in [2.45, 2.75) is 31.3 Å². The maximum atomic E-state index is 10.4. The van der Waals surface area contributed by atoms with E-state index >= 15 is 0 Å². The van der Waals surface area contributed by atoms with E-state index in [-0.39, 0.29) is 0 Å². The summed E-state index contributed by atoms with van der Waals surface area (Å²) in [6.45, 7) is 0.565. The van der Waals surface area contributed by atoms with E-state index in [0.717, 1.165) is 31.5 Å². The van der Waals surface area contributed by atoms with Crippen LogP contribution in [-0.4, -0.2) is 41.3 Å². The van der Waals surface area contributed by atoms with Gasteiger partial charge in [0.05, 0.1) is 5.60 Å². The number of nitrogens with one attached hydrogen (secondary N) is 1. The summed E-state index contributed by atoms with van der Waals surface area (Å²) >= 11 is 6.02. The molecule has 0 amide bonds. The zero-order valence-electron chi connectivity index (χ0n) is 10.8. The van der Waals surface area contributed by atoms with Gasteiger partial charge in [-0.2, -0.15) is 0 Å². The highest BCUT2D eigenvalue weighted by Crippen LogP contribution is 2.33. The van der Waals surface area contributed by atoms with Crippen molar-refractivity contribution in [3.63, 3.8) is 0 Å². The summed E-state index contributed by atoms with van der Waals surface area (Å²) in [7, 11) is 3.70. The Balaban J connectivity index is 2.18. The first-order valence-corrected chi connectivity index (χ1v) is 6.55. The van der Waals surface area contributed by atoms with Crippen LogP contribution in [0.1, 0.15) is 25.7 Å². The number of hydrogen-bond donors (Lipinski definition) is 2. The van der Waals surface area contributed by atoms with Gasteiger partial charge in [-0.25, -0.2) is 9.97 Å². The van der Waals surface area contributed by atoms with Gasteiger partial charge >= 0.3 is 0 Å². The molecule has 0 radical (unpaired) electrons. The van der Waals surface area contributed by atoms with E-state index < -0.39 is 5.60 Å². The summed E-state index contributed by atoms with van der Waals surface area (Å²) in [5.74, 6) is 0.720. The Kier molecular flexibility index (Phi) is 3.92. The van der Waals surface area contributed by atoms with Crippen molar-refractivity contribution in [2.24, 2.45) is 0 Å². The van der Waals surface area contributed by atoms with Crippen LogP contribution in [0.3, 0.4) is 0 Å². The lowest BCUT2D eigenvalue weighted by molar-refractivity contribution is 0.0558. The molecule has 18 heavy (non-hydrogen) atoms. The van der Waals surface area contributed by atoms with Crippen LogP contribution in [0.25, 0.3) is 0 Å². The van der Waals surface area contributed by atoms with Crippen molar-refractivity contribution in [2.75, 3.05) is 30.9 Å². The number of halogens is 1. The number of aliphatic hydroxyl groups is 1. The first-order valence-electron chi connectivity index (χ1n) is 6.17. The topological polar surface area (TPSA) is 61.3 Å². The molecule has 100 valence electrons. The smallest absolute Gasteiger partial charge is 0.157 e. The summed E-state index contributed by atoms with van der Waals surface area (Å²) in [6, 6.07) is 0. The Labute approximate surface area is 112 Å². The predicted molar refractivity (Wildman–Crippen MR) is 73.3 cm³/mol. The first kappa shape index (κ1) is 13.4. The van der Waals surface area contributed by atoms with Crippen LogP contribution in [0.5, 0.6) is 0 Å². The molecule has 2 rings (SSSR count). The zero-order chi connectivity index (χ0) is 13.2. The normalized spacial score (nSPS) is 17.8. The summed E-state index contributed by atoms with van der Waals surface area (Å²) < 4.78 is 0. The quantitative estimate of drug-likeness (QED) is 0.819. The summed E-state index contributed by atoms with van der Waals surface area (Å²) in [5.41, 5.74) is 0.0975. The Morgan fingerprint density at radius 3 is 2.72 bits per heavy atom. The van der Waals surface area contributed by atoms with E-state index in [0.29, 0.717) is 17.4 Å². The van der Waals surface area contributed by atoms with Gasteiger partial charge in [0.15, 0.2) is 11.0 Å². The van der Waals surface area contributed by atoms with Crippen molar-refractivity contribution < 1.29 is 5.11 Å². The largest absolute Gasteiger partial charge is 0.388 e. The number of hydrogen-bond acceptors (Lipinski definition) is 5. The highest BCUT2D eigenvalue weighted by atomic mass is 35.5. The molecule has 0 saturated heterocycles. The summed E-state index contributed by atoms with van der Waals surface area (Å²) in [6.07, 6.45) is 5.32. The Morgan fingerprint density at radius 1 is 1.44 bits per heavy atom. The van der Waals surface area contributed by atoms with Crippen LogP contribution < -0.4 is 10.2 Å². The Hall–Kier alpha value is -1.07. The summed E-state index contributed by atoms with van der Waals surface area (Å²) in [4.78, 5) is 10.1. The minimum Gasteiger partial charge on any atom is -0.388 e. The molecule has 5 nitrogen and oxygen atoms in total. The fourth-order valence-corrected chi connectivity index (χ4v) is 2.79. The van der Waals surface area contributed by atoms with Gasteiger partial charge in [-0.3, -0.25) is 0 Å². The van der Waals surface area contributed by atoms with E-state index in [9.17, 15) is 5.11 Å². The second-order valence-electron chi connectivity index (χ2n) is 4.90. The average molecular weight is 271 g/mol. The molecule has 1 aliphatic rings. The molecule has 0 aromatic carbocycles. The Bertz CT molecular complexity index is 421. The molecule has 0 atom stereocenters. The number of likely N-dealkylation sites (N-methyl/N-ethyl adjacent to an activating group) is 1. The van der Waals surface area contributed by atoms with Gasteiger partial charge in [0, 0.05) is 20.6 Å². The van der Waals surface area contributed by atoms with Crippen molar-refractivity contribution in [3.8, 4) is 0 Å². The van der Waals surface area contributed by atoms with Gasteiger partial charge in [-0.05, 0) is 12.8 Å². The number of aromatic nitrogens is 2. The van der Waals surface area contributed by atoms with Gasteiger partial charge in [-0.15, -0.1) is 0 Å². The van der Waals surface area contributed by atoms with Crippen LogP contribution in [0.15, 0.2) is 6.33 Å². The molecule has 0 unspecified atom stereocenters. The highest BCUT2D eigenvalue weighted by Gasteiger charge is 2.33. The van der Waals surface area contributed by atoms with Crippen molar-refractivity contribution in [3.05, 3.63) is 11.5 Å². The van der Waals surface area contributed by atoms with Crippen molar-refractivity contribution >= 4 is 23.1 Å². The van der Waals surface area contributed by atoms with Crippen LogP contribution in [0.2, 0.25) is 5.15 Å². The molecule has 6 heteroatoms. The van der Waals surface area contributed by atoms with Crippen LogP contribution in [-0.2, 0) is 0 Å². The molecular formula is C12H19ClN4O. The lowest BCUT2D eigenvalue weighted by Gasteiger charge is -2.30. The summed E-state index contributed by atoms with van der Waals surface area (Å²) in [5, 5.41) is 13.8. The molecule has 1 saturated carbocycles.